The summed E-state index contributed by atoms with van der Waals surface area (Å²) in [5, 5.41) is 4.90. The Bertz CT molecular complexity index is 668. The summed E-state index contributed by atoms with van der Waals surface area (Å²) in [4.78, 5) is -0.0708. The number of anilines is 1. The summed E-state index contributed by atoms with van der Waals surface area (Å²) in [7, 11) is -2.51. The van der Waals surface area contributed by atoms with Crippen LogP contribution in [0.5, 0.6) is 0 Å². The zero-order valence-corrected chi connectivity index (χ0v) is 12.2. The normalized spacial score (nSPS) is 12.4. The van der Waals surface area contributed by atoms with Gasteiger partial charge in [0.15, 0.2) is 0 Å². The highest BCUT2D eigenvalue weighted by Crippen LogP contribution is 2.27. The van der Waals surface area contributed by atoms with Gasteiger partial charge in [-0.25, -0.2) is 13.6 Å². The van der Waals surface area contributed by atoms with Crippen LogP contribution in [0.25, 0.3) is 0 Å². The minimum Gasteiger partial charge on any atom is -0.271 e. The average molecular weight is 313 g/mol. The fourth-order valence-corrected chi connectivity index (χ4v) is 2.98. The van der Waals surface area contributed by atoms with Crippen LogP contribution in [0.4, 0.5) is 5.69 Å². The molecule has 0 radical (unpaired) electrons. The van der Waals surface area contributed by atoms with Crippen molar-refractivity contribution >= 4 is 35.6 Å². The first-order valence-electron chi connectivity index (χ1n) is 4.93. The van der Waals surface area contributed by atoms with E-state index in [-0.39, 0.29) is 10.6 Å². The van der Waals surface area contributed by atoms with Gasteiger partial charge in [-0.3, -0.25) is 4.72 Å². The van der Waals surface area contributed by atoms with E-state index >= 15 is 0 Å². The van der Waals surface area contributed by atoms with Gasteiger partial charge < -0.3 is 0 Å². The van der Waals surface area contributed by atoms with Crippen molar-refractivity contribution in [2.75, 3.05) is 4.72 Å². The quantitative estimate of drug-likeness (QED) is 0.812. The lowest BCUT2D eigenvalue weighted by molar-refractivity contribution is 0.602. The molecule has 0 heterocycles. The largest absolute Gasteiger partial charge is 0.296 e. The Morgan fingerprint density at radius 3 is 2.22 bits per heavy atom. The van der Waals surface area contributed by atoms with E-state index in [9.17, 15) is 16.8 Å². The van der Waals surface area contributed by atoms with E-state index in [0.29, 0.717) is 17.5 Å². The summed E-state index contributed by atoms with van der Waals surface area (Å²) in [6.45, 7) is 3.33. The second-order valence-corrected chi connectivity index (χ2v) is 7.57. The average Bonchev–Trinajstić information content (AvgIpc) is 2.17. The number of rotatable bonds is 4. The molecule has 6 nitrogen and oxygen atoms in total. The lowest BCUT2D eigenvalue weighted by Gasteiger charge is -2.13. The van der Waals surface area contributed by atoms with E-state index in [1.807, 2.05) is 0 Å². The van der Waals surface area contributed by atoms with Crippen molar-refractivity contribution in [3.63, 3.8) is 0 Å². The number of aryl methyl sites for hydroxylation is 2. The fraction of sp³-hybridized carbons (Fsp3) is 0.333. The number of nitrogens with two attached hydrogens (primary N) is 1. The smallest absolute Gasteiger partial charge is 0.271 e. The Labute approximate surface area is 111 Å². The molecule has 1 aromatic rings. The summed E-state index contributed by atoms with van der Waals surface area (Å²) < 4.78 is 46.7. The summed E-state index contributed by atoms with van der Waals surface area (Å²) in [6.07, 6.45) is 0.430. The highest BCUT2D eigenvalue weighted by molar-refractivity contribution is 8.13. The van der Waals surface area contributed by atoms with Crippen LogP contribution in [0.15, 0.2) is 17.0 Å². The van der Waals surface area contributed by atoms with Crippen molar-refractivity contribution in [1.29, 1.82) is 0 Å². The minimum absolute atomic E-state index is 0.0708. The van der Waals surface area contributed by atoms with Crippen LogP contribution >= 0.6 is 10.7 Å². The molecule has 0 saturated carbocycles. The molecule has 0 atom stereocenters. The molecule has 9 heteroatoms. The van der Waals surface area contributed by atoms with Gasteiger partial charge in [0.25, 0.3) is 19.3 Å². The van der Waals surface area contributed by atoms with Crippen LogP contribution < -0.4 is 9.86 Å². The molecular formula is C9H13ClN2O4S2. The molecule has 0 spiro atoms. The standard InChI is InChI=1S/C9H13ClN2O4S2/c1-3-7-5-8(17(10,13)14)4-6(2)9(7)12-18(11,15)16/h4-5,12H,3H2,1-2H3,(H2,11,15,16). The van der Waals surface area contributed by atoms with Gasteiger partial charge in [-0.15, -0.1) is 0 Å². The Morgan fingerprint density at radius 2 is 1.83 bits per heavy atom. The van der Waals surface area contributed by atoms with Gasteiger partial charge in [-0.05, 0) is 36.6 Å². The van der Waals surface area contributed by atoms with Crippen LogP contribution in [0.2, 0.25) is 0 Å². The molecule has 0 amide bonds. The maximum atomic E-state index is 11.3. The second-order valence-electron chi connectivity index (χ2n) is 3.71. The molecule has 0 fully saturated rings. The molecule has 0 bridgehead atoms. The van der Waals surface area contributed by atoms with Gasteiger partial charge in [0, 0.05) is 10.7 Å². The van der Waals surface area contributed by atoms with Crippen molar-refractivity contribution in [3.8, 4) is 0 Å². The topological polar surface area (TPSA) is 106 Å². The molecule has 0 aliphatic heterocycles. The van der Waals surface area contributed by atoms with Crippen molar-refractivity contribution in [1.82, 2.24) is 0 Å². The Balaban J connectivity index is 3.48. The molecule has 0 aliphatic rings. The van der Waals surface area contributed by atoms with Crippen LogP contribution in [0, 0.1) is 6.92 Å². The Hall–Kier alpha value is -0.830. The van der Waals surface area contributed by atoms with E-state index in [4.69, 9.17) is 15.8 Å². The molecular weight excluding hydrogens is 300 g/mol. The van der Waals surface area contributed by atoms with E-state index in [1.165, 1.54) is 12.1 Å². The highest BCUT2D eigenvalue weighted by Gasteiger charge is 2.16. The zero-order valence-electron chi connectivity index (χ0n) is 9.77. The molecule has 1 rings (SSSR count). The fourth-order valence-electron chi connectivity index (χ4n) is 1.53. The van der Waals surface area contributed by atoms with Crippen molar-refractivity contribution in [2.45, 2.75) is 25.2 Å². The molecule has 0 aromatic heterocycles. The van der Waals surface area contributed by atoms with Gasteiger partial charge in [-0.1, -0.05) is 6.92 Å². The first kappa shape index (κ1) is 15.2. The first-order valence-corrected chi connectivity index (χ1v) is 8.79. The number of halogens is 1. The number of hydrogen-bond acceptors (Lipinski definition) is 4. The molecule has 102 valence electrons. The first-order chi connectivity index (χ1) is 8.04. The molecule has 3 N–H and O–H groups in total. The molecule has 1 aromatic carbocycles. The highest BCUT2D eigenvalue weighted by atomic mass is 35.7. The minimum atomic E-state index is -3.91. The molecule has 0 unspecified atom stereocenters. The SMILES string of the molecule is CCc1cc(S(=O)(=O)Cl)cc(C)c1NS(N)(=O)=O. The second kappa shape index (κ2) is 5.04. The van der Waals surface area contributed by atoms with Gasteiger partial charge in [0.2, 0.25) is 0 Å². The van der Waals surface area contributed by atoms with Crippen LogP contribution in [-0.4, -0.2) is 16.8 Å². The van der Waals surface area contributed by atoms with Gasteiger partial charge >= 0.3 is 0 Å². The van der Waals surface area contributed by atoms with Crippen molar-refractivity contribution in [3.05, 3.63) is 23.3 Å². The summed E-state index contributed by atoms with van der Waals surface area (Å²) >= 11 is 0. The molecule has 0 saturated heterocycles. The van der Waals surface area contributed by atoms with Crippen LogP contribution in [-0.2, 0) is 25.7 Å². The Kier molecular flexibility index (Phi) is 4.26. The lowest BCUT2D eigenvalue weighted by Crippen LogP contribution is -2.23. The van der Waals surface area contributed by atoms with E-state index in [2.05, 4.69) is 4.72 Å². The van der Waals surface area contributed by atoms with Gasteiger partial charge in [0.05, 0.1) is 10.6 Å². The maximum Gasteiger partial charge on any atom is 0.296 e. The predicted octanol–water partition coefficient (Wildman–Crippen LogP) is 1.10. The monoisotopic (exact) mass is 312 g/mol. The van der Waals surface area contributed by atoms with Crippen molar-refractivity contribution < 1.29 is 16.8 Å². The molecule has 18 heavy (non-hydrogen) atoms. The zero-order chi connectivity index (χ0) is 14.1. The number of hydrogen-bond donors (Lipinski definition) is 2. The third-order valence-corrected chi connectivity index (χ3v) is 4.12. The van der Waals surface area contributed by atoms with E-state index in [0.717, 1.165) is 0 Å². The lowest BCUT2D eigenvalue weighted by atomic mass is 10.1. The number of nitrogens with one attached hydrogen (secondary N) is 1. The Morgan fingerprint density at radius 1 is 1.28 bits per heavy atom. The molecule has 0 aliphatic carbocycles. The third-order valence-electron chi connectivity index (χ3n) is 2.30. The van der Waals surface area contributed by atoms with Crippen LogP contribution in [0.3, 0.4) is 0 Å². The summed E-state index contributed by atoms with van der Waals surface area (Å²) in [5.74, 6) is 0. The van der Waals surface area contributed by atoms with Gasteiger partial charge in [0.1, 0.15) is 0 Å². The maximum absolute atomic E-state index is 11.3. The van der Waals surface area contributed by atoms with Gasteiger partial charge in [-0.2, -0.15) is 8.42 Å². The van der Waals surface area contributed by atoms with Crippen molar-refractivity contribution in [2.24, 2.45) is 5.14 Å². The summed E-state index contributed by atoms with van der Waals surface area (Å²) in [5.41, 5.74) is 1.22. The third kappa shape index (κ3) is 3.84. The summed E-state index contributed by atoms with van der Waals surface area (Å²) in [6, 6.07) is 2.61. The van der Waals surface area contributed by atoms with E-state index < -0.39 is 19.3 Å². The number of benzene rings is 1. The van der Waals surface area contributed by atoms with E-state index in [1.54, 1.807) is 13.8 Å². The predicted molar refractivity (Wildman–Crippen MR) is 70.3 cm³/mol. The van der Waals surface area contributed by atoms with Crippen LogP contribution in [0.1, 0.15) is 18.1 Å².